The topological polar surface area (TPSA) is 52.1 Å². The van der Waals surface area contributed by atoms with Gasteiger partial charge in [0, 0.05) is 12.1 Å². The summed E-state index contributed by atoms with van der Waals surface area (Å²) in [5.74, 6) is 0.314. The summed E-state index contributed by atoms with van der Waals surface area (Å²) in [5, 5.41) is 0. The Morgan fingerprint density at radius 3 is 2.41 bits per heavy atom. The number of aromatic nitrogens is 2. The Morgan fingerprint density at radius 2 is 1.89 bits per heavy atom. The SMILES string of the molecule is COC(=O)c1cnc(C(CCCc2ccc(C(F)(F)F)cc2)C2CC2)cn1. The number of benzene rings is 1. The molecule has 0 amide bonds. The van der Waals surface area contributed by atoms with E-state index in [-0.39, 0.29) is 11.6 Å². The fraction of sp³-hybridized carbons (Fsp3) is 0.450. The van der Waals surface area contributed by atoms with Crippen LogP contribution >= 0.6 is 0 Å². The van der Waals surface area contributed by atoms with Crippen LogP contribution in [0, 0.1) is 5.92 Å². The lowest BCUT2D eigenvalue weighted by Crippen LogP contribution is -2.09. The van der Waals surface area contributed by atoms with Gasteiger partial charge in [-0.05, 0) is 55.7 Å². The zero-order chi connectivity index (χ0) is 19.4. The molecule has 1 aliphatic rings. The third kappa shape index (κ3) is 5.05. The van der Waals surface area contributed by atoms with E-state index in [1.165, 1.54) is 13.3 Å². The smallest absolute Gasteiger partial charge is 0.416 e. The van der Waals surface area contributed by atoms with Gasteiger partial charge in [-0.3, -0.25) is 4.98 Å². The number of carbonyl (C=O) groups excluding carboxylic acids is 1. The zero-order valence-corrected chi connectivity index (χ0v) is 15.0. The van der Waals surface area contributed by atoms with Crippen molar-refractivity contribution in [1.82, 2.24) is 9.97 Å². The van der Waals surface area contributed by atoms with E-state index in [0.717, 1.165) is 55.5 Å². The van der Waals surface area contributed by atoms with Crippen LogP contribution in [-0.4, -0.2) is 23.0 Å². The lowest BCUT2D eigenvalue weighted by atomic mass is 9.92. The monoisotopic (exact) mass is 378 g/mol. The van der Waals surface area contributed by atoms with Gasteiger partial charge in [-0.15, -0.1) is 0 Å². The van der Waals surface area contributed by atoms with E-state index < -0.39 is 17.7 Å². The molecule has 1 heterocycles. The van der Waals surface area contributed by atoms with E-state index in [4.69, 9.17) is 0 Å². The first kappa shape index (κ1) is 19.3. The van der Waals surface area contributed by atoms with Crippen molar-refractivity contribution in [1.29, 1.82) is 0 Å². The fourth-order valence-electron chi connectivity index (χ4n) is 3.25. The molecule has 0 radical (unpaired) electrons. The molecule has 0 aliphatic heterocycles. The van der Waals surface area contributed by atoms with Gasteiger partial charge in [0.05, 0.1) is 24.6 Å². The van der Waals surface area contributed by atoms with Crippen LogP contribution in [0.5, 0.6) is 0 Å². The average Bonchev–Trinajstić information content (AvgIpc) is 3.49. The van der Waals surface area contributed by atoms with Crippen LogP contribution in [-0.2, 0) is 17.3 Å². The van der Waals surface area contributed by atoms with Gasteiger partial charge < -0.3 is 4.74 Å². The molecule has 1 unspecified atom stereocenters. The largest absolute Gasteiger partial charge is 0.464 e. The van der Waals surface area contributed by atoms with Gasteiger partial charge in [-0.25, -0.2) is 9.78 Å². The van der Waals surface area contributed by atoms with E-state index in [1.807, 2.05) is 0 Å². The first-order chi connectivity index (χ1) is 12.9. The normalized spacial score (nSPS) is 15.4. The van der Waals surface area contributed by atoms with Gasteiger partial charge in [-0.2, -0.15) is 13.2 Å². The van der Waals surface area contributed by atoms with Crippen molar-refractivity contribution in [3.63, 3.8) is 0 Å². The molecule has 1 aromatic heterocycles. The summed E-state index contributed by atoms with van der Waals surface area (Å²) >= 11 is 0. The molecule has 144 valence electrons. The number of alkyl halides is 3. The first-order valence-corrected chi connectivity index (χ1v) is 8.95. The summed E-state index contributed by atoms with van der Waals surface area (Å²) in [6.45, 7) is 0. The maximum absolute atomic E-state index is 12.6. The van der Waals surface area contributed by atoms with Crippen molar-refractivity contribution < 1.29 is 22.7 Å². The Labute approximate surface area is 155 Å². The van der Waals surface area contributed by atoms with Crippen molar-refractivity contribution in [2.24, 2.45) is 5.92 Å². The Bertz CT molecular complexity index is 769. The van der Waals surface area contributed by atoms with Gasteiger partial charge >= 0.3 is 12.1 Å². The molecule has 4 nitrogen and oxygen atoms in total. The molecule has 0 spiro atoms. The van der Waals surface area contributed by atoms with Crippen LogP contribution in [0.4, 0.5) is 13.2 Å². The molecule has 1 fully saturated rings. The van der Waals surface area contributed by atoms with Crippen LogP contribution in [0.25, 0.3) is 0 Å². The summed E-state index contributed by atoms with van der Waals surface area (Å²) in [7, 11) is 1.30. The van der Waals surface area contributed by atoms with E-state index >= 15 is 0 Å². The number of hydrogen-bond acceptors (Lipinski definition) is 4. The number of esters is 1. The van der Waals surface area contributed by atoms with Crippen molar-refractivity contribution in [2.75, 3.05) is 7.11 Å². The Morgan fingerprint density at radius 1 is 1.19 bits per heavy atom. The Hall–Kier alpha value is -2.44. The molecule has 3 rings (SSSR count). The molecule has 0 bridgehead atoms. The van der Waals surface area contributed by atoms with Crippen LogP contribution in [0.15, 0.2) is 36.7 Å². The summed E-state index contributed by atoms with van der Waals surface area (Å²) in [5.41, 5.74) is 1.31. The van der Waals surface area contributed by atoms with Crippen LogP contribution in [0.2, 0.25) is 0 Å². The lowest BCUT2D eigenvalue weighted by Gasteiger charge is -2.15. The Kier molecular flexibility index (Phi) is 5.77. The van der Waals surface area contributed by atoms with Gasteiger partial charge in [0.25, 0.3) is 0 Å². The molecular formula is C20H21F3N2O2. The van der Waals surface area contributed by atoms with E-state index in [0.29, 0.717) is 5.92 Å². The standard InChI is InChI=1S/C20H21F3N2O2/c1-27-19(26)18-12-24-17(11-25-18)16(14-7-8-14)4-2-3-13-5-9-15(10-6-13)20(21,22)23/h5-6,9-12,14,16H,2-4,7-8H2,1H3. The molecule has 0 saturated heterocycles. The molecule has 0 N–H and O–H groups in total. The third-order valence-electron chi connectivity index (χ3n) is 4.90. The molecule has 27 heavy (non-hydrogen) atoms. The summed E-state index contributed by atoms with van der Waals surface area (Å²) in [6, 6.07) is 5.34. The molecular weight excluding hydrogens is 357 g/mol. The highest BCUT2D eigenvalue weighted by Crippen LogP contribution is 2.44. The number of ether oxygens (including phenoxy) is 1. The van der Waals surface area contributed by atoms with Crippen molar-refractivity contribution in [3.05, 3.63) is 59.2 Å². The number of carbonyl (C=O) groups is 1. The maximum atomic E-state index is 12.6. The van der Waals surface area contributed by atoms with Gasteiger partial charge in [-0.1, -0.05) is 12.1 Å². The second kappa shape index (κ2) is 8.06. The highest BCUT2D eigenvalue weighted by molar-refractivity contribution is 5.86. The third-order valence-corrected chi connectivity index (χ3v) is 4.90. The minimum absolute atomic E-state index is 0.181. The first-order valence-electron chi connectivity index (χ1n) is 8.95. The number of halogens is 3. The number of hydrogen-bond donors (Lipinski definition) is 0. The minimum atomic E-state index is -4.30. The van der Waals surface area contributed by atoms with Gasteiger partial charge in [0.15, 0.2) is 5.69 Å². The highest BCUT2D eigenvalue weighted by atomic mass is 19.4. The maximum Gasteiger partial charge on any atom is 0.416 e. The highest BCUT2D eigenvalue weighted by Gasteiger charge is 2.33. The van der Waals surface area contributed by atoms with Crippen molar-refractivity contribution >= 4 is 5.97 Å². The molecule has 1 saturated carbocycles. The summed E-state index contributed by atoms with van der Waals surface area (Å²) in [4.78, 5) is 20.0. The minimum Gasteiger partial charge on any atom is -0.464 e. The van der Waals surface area contributed by atoms with E-state index in [2.05, 4.69) is 14.7 Å². The van der Waals surface area contributed by atoms with Crippen LogP contribution < -0.4 is 0 Å². The average molecular weight is 378 g/mol. The number of nitrogens with zero attached hydrogens (tertiary/aromatic N) is 2. The second-order valence-electron chi connectivity index (χ2n) is 6.85. The molecule has 7 heteroatoms. The molecule has 1 aliphatic carbocycles. The predicted molar refractivity (Wildman–Crippen MR) is 93.2 cm³/mol. The lowest BCUT2D eigenvalue weighted by molar-refractivity contribution is -0.137. The molecule has 1 atom stereocenters. The number of rotatable bonds is 7. The summed E-state index contributed by atoms with van der Waals surface area (Å²) < 4.78 is 42.5. The molecule has 2 aromatic rings. The van der Waals surface area contributed by atoms with E-state index in [9.17, 15) is 18.0 Å². The van der Waals surface area contributed by atoms with Crippen molar-refractivity contribution in [3.8, 4) is 0 Å². The quantitative estimate of drug-likeness (QED) is 0.650. The van der Waals surface area contributed by atoms with Gasteiger partial charge in [0.2, 0.25) is 0 Å². The second-order valence-corrected chi connectivity index (χ2v) is 6.85. The zero-order valence-electron chi connectivity index (χ0n) is 15.0. The number of aryl methyl sites for hydroxylation is 1. The van der Waals surface area contributed by atoms with E-state index in [1.54, 1.807) is 18.3 Å². The van der Waals surface area contributed by atoms with Crippen LogP contribution in [0.1, 0.15) is 58.9 Å². The van der Waals surface area contributed by atoms with Gasteiger partial charge in [0.1, 0.15) is 0 Å². The summed E-state index contributed by atoms with van der Waals surface area (Å²) in [6.07, 6.45) is 3.51. The predicted octanol–water partition coefficient (Wildman–Crippen LogP) is 4.80. The van der Waals surface area contributed by atoms with Crippen LogP contribution in [0.3, 0.4) is 0 Å². The number of methoxy groups -OCH3 is 1. The molecule has 1 aromatic carbocycles. The fourth-order valence-corrected chi connectivity index (χ4v) is 3.25. The van der Waals surface area contributed by atoms with Crippen molar-refractivity contribution in [2.45, 2.75) is 44.2 Å². The Balaban J connectivity index is 1.58.